The zero-order valence-electron chi connectivity index (χ0n) is 11.2. The normalized spacial score (nSPS) is 14.8. The van der Waals surface area contributed by atoms with Gasteiger partial charge in [0, 0.05) is 13.2 Å². The van der Waals surface area contributed by atoms with E-state index in [1.165, 1.54) is 0 Å². The third-order valence-electron chi connectivity index (χ3n) is 3.32. The van der Waals surface area contributed by atoms with Gasteiger partial charge in [-0.05, 0) is 25.0 Å². The zero-order valence-corrected chi connectivity index (χ0v) is 11.2. The molecule has 4 heteroatoms. The molecule has 0 atom stereocenters. The number of unbranched alkanes of at least 4 members (excludes halogenated alkanes) is 3. The molecule has 4 nitrogen and oxygen atoms in total. The average molecular weight is 263 g/mol. The SMILES string of the molecule is O=C1CCOc2ccccc2N1CCCCCCO. The summed E-state index contributed by atoms with van der Waals surface area (Å²) in [5.41, 5.74) is 0.882. The number of hydrogen-bond donors (Lipinski definition) is 1. The minimum atomic E-state index is 0.132. The van der Waals surface area contributed by atoms with Crippen molar-refractivity contribution in [2.45, 2.75) is 32.1 Å². The first-order valence-electron chi connectivity index (χ1n) is 6.96. The van der Waals surface area contributed by atoms with Gasteiger partial charge in [0.05, 0.1) is 18.7 Å². The van der Waals surface area contributed by atoms with Gasteiger partial charge < -0.3 is 14.7 Å². The van der Waals surface area contributed by atoms with E-state index in [1.54, 1.807) is 0 Å². The van der Waals surface area contributed by atoms with E-state index >= 15 is 0 Å². The van der Waals surface area contributed by atoms with Gasteiger partial charge in [-0.25, -0.2) is 0 Å². The van der Waals surface area contributed by atoms with E-state index < -0.39 is 0 Å². The number of benzene rings is 1. The van der Waals surface area contributed by atoms with Crippen molar-refractivity contribution < 1.29 is 14.6 Å². The number of carbonyl (C=O) groups excluding carboxylic acids is 1. The molecular formula is C15H21NO3. The number of amides is 1. The predicted molar refractivity (Wildman–Crippen MR) is 74.5 cm³/mol. The van der Waals surface area contributed by atoms with Gasteiger partial charge in [-0.15, -0.1) is 0 Å². The number of hydrogen-bond acceptors (Lipinski definition) is 3. The summed E-state index contributed by atoms with van der Waals surface area (Å²) < 4.78 is 5.60. The largest absolute Gasteiger partial charge is 0.491 e. The first kappa shape index (κ1) is 13.9. The zero-order chi connectivity index (χ0) is 13.5. The highest BCUT2D eigenvalue weighted by atomic mass is 16.5. The number of aliphatic hydroxyl groups is 1. The van der Waals surface area contributed by atoms with Crippen molar-refractivity contribution in [2.75, 3.05) is 24.7 Å². The second-order valence-corrected chi connectivity index (χ2v) is 4.75. The fourth-order valence-electron chi connectivity index (χ4n) is 2.30. The van der Waals surface area contributed by atoms with Crippen LogP contribution in [0.5, 0.6) is 5.75 Å². The van der Waals surface area contributed by atoms with E-state index in [1.807, 2.05) is 29.2 Å². The summed E-state index contributed by atoms with van der Waals surface area (Å²) in [5, 5.41) is 8.74. The molecule has 0 radical (unpaired) electrons. The Morgan fingerprint density at radius 2 is 1.95 bits per heavy atom. The van der Waals surface area contributed by atoms with Crippen molar-refractivity contribution in [1.29, 1.82) is 0 Å². The smallest absolute Gasteiger partial charge is 0.230 e. The van der Waals surface area contributed by atoms with Crippen molar-refractivity contribution >= 4 is 11.6 Å². The molecule has 1 aromatic carbocycles. The lowest BCUT2D eigenvalue weighted by Crippen LogP contribution is -2.31. The molecule has 0 aliphatic carbocycles. The van der Waals surface area contributed by atoms with E-state index in [4.69, 9.17) is 9.84 Å². The van der Waals surface area contributed by atoms with Crippen molar-refractivity contribution in [3.63, 3.8) is 0 Å². The summed E-state index contributed by atoms with van der Waals surface area (Å²) in [5.74, 6) is 0.927. The minimum absolute atomic E-state index is 0.132. The topological polar surface area (TPSA) is 49.8 Å². The second-order valence-electron chi connectivity index (χ2n) is 4.75. The number of anilines is 1. The number of para-hydroxylation sites is 2. The van der Waals surface area contributed by atoms with Gasteiger partial charge in [-0.1, -0.05) is 25.0 Å². The Labute approximate surface area is 114 Å². The van der Waals surface area contributed by atoms with Crippen LogP contribution in [0.1, 0.15) is 32.1 Å². The Bertz CT molecular complexity index is 420. The van der Waals surface area contributed by atoms with E-state index in [2.05, 4.69) is 0 Å². The Morgan fingerprint density at radius 3 is 2.79 bits per heavy atom. The number of fused-ring (bicyclic) bond motifs is 1. The third-order valence-corrected chi connectivity index (χ3v) is 3.32. The highest BCUT2D eigenvalue weighted by molar-refractivity contribution is 5.95. The summed E-state index contributed by atoms with van der Waals surface area (Å²) in [6.07, 6.45) is 4.28. The molecule has 1 amide bonds. The summed E-state index contributed by atoms with van der Waals surface area (Å²) >= 11 is 0. The standard InChI is InChI=1S/C15H21NO3/c17-11-6-2-1-5-10-16-13-7-3-4-8-14(13)19-12-9-15(16)18/h3-4,7-8,17H,1-2,5-6,9-12H2. The molecule has 0 spiro atoms. The molecule has 0 bridgehead atoms. The van der Waals surface area contributed by atoms with Gasteiger partial charge in [-0.2, -0.15) is 0 Å². The first-order chi connectivity index (χ1) is 9.33. The van der Waals surface area contributed by atoms with Gasteiger partial charge in [0.1, 0.15) is 5.75 Å². The van der Waals surface area contributed by atoms with Crippen LogP contribution in [0, 0.1) is 0 Å². The monoisotopic (exact) mass is 263 g/mol. The third kappa shape index (κ3) is 3.70. The van der Waals surface area contributed by atoms with E-state index in [0.29, 0.717) is 13.0 Å². The van der Waals surface area contributed by atoms with Crippen LogP contribution in [0.25, 0.3) is 0 Å². The molecule has 0 saturated carbocycles. The van der Waals surface area contributed by atoms with Crippen LogP contribution in [0.15, 0.2) is 24.3 Å². The van der Waals surface area contributed by atoms with Crippen molar-refractivity contribution in [1.82, 2.24) is 0 Å². The molecule has 104 valence electrons. The van der Waals surface area contributed by atoms with Crippen molar-refractivity contribution in [2.24, 2.45) is 0 Å². The predicted octanol–water partition coefficient (Wildman–Crippen LogP) is 2.35. The Balaban J connectivity index is 1.98. The quantitative estimate of drug-likeness (QED) is 0.802. The minimum Gasteiger partial charge on any atom is -0.491 e. The van der Waals surface area contributed by atoms with Crippen LogP contribution in [-0.2, 0) is 4.79 Å². The van der Waals surface area contributed by atoms with Crippen LogP contribution >= 0.6 is 0 Å². The number of ether oxygens (including phenoxy) is 1. The molecule has 1 aliphatic rings. The van der Waals surface area contributed by atoms with Crippen molar-refractivity contribution in [3.05, 3.63) is 24.3 Å². The molecule has 1 aliphatic heterocycles. The van der Waals surface area contributed by atoms with E-state index in [-0.39, 0.29) is 12.5 Å². The molecule has 1 N–H and O–H groups in total. The maximum atomic E-state index is 12.1. The Kier molecular flexibility index (Phi) is 5.21. The Morgan fingerprint density at radius 1 is 1.16 bits per heavy atom. The number of carbonyl (C=O) groups is 1. The fourth-order valence-corrected chi connectivity index (χ4v) is 2.30. The first-order valence-corrected chi connectivity index (χ1v) is 6.96. The maximum Gasteiger partial charge on any atom is 0.230 e. The summed E-state index contributed by atoms with van der Waals surface area (Å²) in [6, 6.07) is 7.70. The number of nitrogens with zero attached hydrogens (tertiary/aromatic N) is 1. The molecule has 1 heterocycles. The lowest BCUT2D eigenvalue weighted by atomic mass is 10.1. The summed E-state index contributed by atoms with van der Waals surface area (Å²) in [6.45, 7) is 1.43. The fraction of sp³-hybridized carbons (Fsp3) is 0.533. The molecule has 0 saturated heterocycles. The van der Waals surface area contributed by atoms with Crippen LogP contribution in [0.3, 0.4) is 0 Å². The van der Waals surface area contributed by atoms with E-state index in [0.717, 1.165) is 43.7 Å². The van der Waals surface area contributed by atoms with Gasteiger partial charge in [0.2, 0.25) is 5.91 Å². The van der Waals surface area contributed by atoms with Crippen LogP contribution in [0.2, 0.25) is 0 Å². The molecule has 0 aromatic heterocycles. The number of aliphatic hydroxyl groups excluding tert-OH is 1. The molecule has 0 fully saturated rings. The van der Waals surface area contributed by atoms with Gasteiger partial charge >= 0.3 is 0 Å². The summed E-state index contributed by atoms with van der Waals surface area (Å²) in [7, 11) is 0. The van der Waals surface area contributed by atoms with Gasteiger partial charge in [0.25, 0.3) is 0 Å². The van der Waals surface area contributed by atoms with E-state index in [9.17, 15) is 4.79 Å². The summed E-state index contributed by atoms with van der Waals surface area (Å²) in [4.78, 5) is 13.9. The highest BCUT2D eigenvalue weighted by Gasteiger charge is 2.22. The molecule has 19 heavy (non-hydrogen) atoms. The number of rotatable bonds is 6. The van der Waals surface area contributed by atoms with Gasteiger partial charge in [0.15, 0.2) is 0 Å². The lowest BCUT2D eigenvalue weighted by molar-refractivity contribution is -0.118. The van der Waals surface area contributed by atoms with Crippen LogP contribution in [0.4, 0.5) is 5.69 Å². The van der Waals surface area contributed by atoms with Crippen LogP contribution < -0.4 is 9.64 Å². The van der Waals surface area contributed by atoms with Gasteiger partial charge in [-0.3, -0.25) is 4.79 Å². The highest BCUT2D eigenvalue weighted by Crippen LogP contribution is 2.31. The van der Waals surface area contributed by atoms with Crippen LogP contribution in [-0.4, -0.2) is 30.8 Å². The Hall–Kier alpha value is -1.55. The molecule has 2 rings (SSSR count). The second kappa shape index (κ2) is 7.14. The maximum absolute atomic E-state index is 12.1. The molecule has 0 unspecified atom stereocenters. The lowest BCUT2D eigenvalue weighted by Gasteiger charge is -2.21. The molecule has 1 aromatic rings. The average Bonchev–Trinajstić information content (AvgIpc) is 2.58. The molecular weight excluding hydrogens is 242 g/mol. The van der Waals surface area contributed by atoms with Crippen molar-refractivity contribution in [3.8, 4) is 5.75 Å².